The molecule has 1 amide bonds. The molecule has 0 spiro atoms. The highest BCUT2D eigenvalue weighted by Crippen LogP contribution is 2.26. The minimum Gasteiger partial charge on any atom is -0.496 e. The van der Waals surface area contributed by atoms with Gasteiger partial charge in [-0.15, -0.1) is 0 Å². The van der Waals surface area contributed by atoms with E-state index >= 15 is 0 Å². The second kappa shape index (κ2) is 6.49. The van der Waals surface area contributed by atoms with Crippen molar-refractivity contribution in [1.29, 1.82) is 0 Å². The summed E-state index contributed by atoms with van der Waals surface area (Å²) in [6.07, 6.45) is 1.02. The van der Waals surface area contributed by atoms with Gasteiger partial charge in [-0.25, -0.2) is 9.37 Å². The predicted molar refractivity (Wildman–Crippen MR) is 73.3 cm³/mol. The molecule has 0 aliphatic carbocycles. The van der Waals surface area contributed by atoms with Gasteiger partial charge in [-0.05, 0) is 18.2 Å². The predicted octanol–water partition coefficient (Wildman–Crippen LogP) is 2.95. The molecule has 1 aromatic heterocycles. The Bertz CT molecular complexity index is 680. The van der Waals surface area contributed by atoms with Crippen LogP contribution in [0, 0.1) is 11.8 Å². The molecule has 0 radical (unpaired) electrons. The number of carbonyl (C=O) groups is 1. The standard InChI is InChI=1S/C14H11ClF2N2O2/c1-21-11-4-2-3-10(15)9(11)7-19-14(20)8-5-6-18-13(17)12(8)16/h2-6H,7H2,1H3,(H,19,20). The van der Waals surface area contributed by atoms with Crippen molar-refractivity contribution in [2.24, 2.45) is 0 Å². The van der Waals surface area contributed by atoms with Gasteiger partial charge < -0.3 is 10.1 Å². The summed E-state index contributed by atoms with van der Waals surface area (Å²) in [5.41, 5.74) is 0.124. The Balaban J connectivity index is 2.17. The van der Waals surface area contributed by atoms with Crippen LogP contribution in [0.2, 0.25) is 5.02 Å². The largest absolute Gasteiger partial charge is 0.496 e. The summed E-state index contributed by atoms with van der Waals surface area (Å²) in [5.74, 6) is -2.89. The molecule has 21 heavy (non-hydrogen) atoms. The number of aromatic nitrogens is 1. The highest BCUT2D eigenvalue weighted by molar-refractivity contribution is 6.31. The van der Waals surface area contributed by atoms with Crippen molar-refractivity contribution in [3.05, 3.63) is 58.4 Å². The first-order chi connectivity index (χ1) is 10.0. The lowest BCUT2D eigenvalue weighted by molar-refractivity contribution is 0.0945. The molecule has 0 saturated heterocycles. The molecule has 0 bridgehead atoms. The average molecular weight is 313 g/mol. The number of nitrogens with zero attached hydrogens (tertiary/aromatic N) is 1. The number of carbonyl (C=O) groups excluding carboxylic acids is 1. The number of ether oxygens (including phenoxy) is 1. The average Bonchev–Trinajstić information content (AvgIpc) is 2.48. The van der Waals surface area contributed by atoms with Crippen molar-refractivity contribution in [2.75, 3.05) is 7.11 Å². The number of hydrogen-bond acceptors (Lipinski definition) is 3. The third-order valence-corrected chi connectivity index (χ3v) is 3.17. The molecule has 110 valence electrons. The van der Waals surface area contributed by atoms with Gasteiger partial charge in [-0.2, -0.15) is 4.39 Å². The molecule has 1 heterocycles. The van der Waals surface area contributed by atoms with E-state index in [4.69, 9.17) is 16.3 Å². The SMILES string of the molecule is COc1cccc(Cl)c1CNC(=O)c1ccnc(F)c1F. The van der Waals surface area contributed by atoms with Crippen LogP contribution in [0.1, 0.15) is 15.9 Å². The number of amides is 1. The first-order valence-electron chi connectivity index (χ1n) is 5.94. The maximum atomic E-state index is 13.5. The van der Waals surface area contributed by atoms with Crippen LogP contribution in [0.25, 0.3) is 0 Å². The number of hydrogen-bond donors (Lipinski definition) is 1. The molecule has 0 atom stereocenters. The summed E-state index contributed by atoms with van der Waals surface area (Å²) in [6.45, 7) is 0.0189. The maximum absolute atomic E-state index is 13.5. The zero-order valence-electron chi connectivity index (χ0n) is 11.0. The summed E-state index contributed by atoms with van der Waals surface area (Å²) in [4.78, 5) is 15.0. The number of rotatable bonds is 4. The van der Waals surface area contributed by atoms with E-state index in [9.17, 15) is 13.6 Å². The minimum atomic E-state index is -1.32. The highest BCUT2D eigenvalue weighted by Gasteiger charge is 2.17. The molecule has 0 saturated carbocycles. The van der Waals surface area contributed by atoms with Crippen LogP contribution in [-0.2, 0) is 6.54 Å². The van der Waals surface area contributed by atoms with Crippen LogP contribution >= 0.6 is 11.6 Å². The lowest BCUT2D eigenvalue weighted by Gasteiger charge is -2.11. The summed E-state index contributed by atoms with van der Waals surface area (Å²) < 4.78 is 31.6. The molecule has 1 N–H and O–H groups in total. The van der Waals surface area contributed by atoms with Crippen molar-refractivity contribution in [2.45, 2.75) is 6.54 Å². The lowest BCUT2D eigenvalue weighted by Crippen LogP contribution is -2.24. The second-order valence-electron chi connectivity index (χ2n) is 4.07. The Morgan fingerprint density at radius 3 is 2.86 bits per heavy atom. The molecule has 0 fully saturated rings. The van der Waals surface area contributed by atoms with E-state index in [-0.39, 0.29) is 6.54 Å². The number of benzene rings is 1. The van der Waals surface area contributed by atoms with Crippen LogP contribution < -0.4 is 10.1 Å². The molecule has 7 heteroatoms. The summed E-state index contributed by atoms with van der Waals surface area (Å²) in [7, 11) is 1.47. The Kier molecular flexibility index (Phi) is 4.70. The fourth-order valence-electron chi connectivity index (χ4n) is 1.76. The van der Waals surface area contributed by atoms with Crippen molar-refractivity contribution in [3.63, 3.8) is 0 Å². The van der Waals surface area contributed by atoms with E-state index in [2.05, 4.69) is 10.3 Å². The normalized spacial score (nSPS) is 10.3. The van der Waals surface area contributed by atoms with Gasteiger partial charge in [0.1, 0.15) is 5.75 Å². The molecule has 1 aromatic carbocycles. The summed E-state index contributed by atoms with van der Waals surface area (Å²) in [5, 5.41) is 2.86. The van der Waals surface area contributed by atoms with Crippen LogP contribution in [0.5, 0.6) is 5.75 Å². The third kappa shape index (κ3) is 3.28. The van der Waals surface area contributed by atoms with Crippen LogP contribution in [0.15, 0.2) is 30.5 Å². The zero-order valence-corrected chi connectivity index (χ0v) is 11.7. The van der Waals surface area contributed by atoms with E-state index in [1.54, 1.807) is 18.2 Å². The number of nitrogens with one attached hydrogen (secondary N) is 1. The Morgan fingerprint density at radius 2 is 2.14 bits per heavy atom. The number of methoxy groups -OCH3 is 1. The Labute approximate surface area is 124 Å². The van der Waals surface area contributed by atoms with E-state index in [1.807, 2.05) is 0 Å². The Hall–Kier alpha value is -2.21. The van der Waals surface area contributed by atoms with Crippen molar-refractivity contribution < 1.29 is 18.3 Å². The quantitative estimate of drug-likeness (QED) is 0.883. The topological polar surface area (TPSA) is 51.2 Å². The second-order valence-corrected chi connectivity index (χ2v) is 4.47. The van der Waals surface area contributed by atoms with Gasteiger partial charge in [-0.3, -0.25) is 4.79 Å². The zero-order chi connectivity index (χ0) is 15.4. The Morgan fingerprint density at radius 1 is 1.38 bits per heavy atom. The first-order valence-corrected chi connectivity index (χ1v) is 6.32. The van der Waals surface area contributed by atoms with E-state index in [1.165, 1.54) is 7.11 Å². The van der Waals surface area contributed by atoms with Gasteiger partial charge in [0.15, 0.2) is 5.82 Å². The fourth-order valence-corrected chi connectivity index (χ4v) is 1.99. The molecule has 4 nitrogen and oxygen atoms in total. The number of pyridine rings is 1. The summed E-state index contributed by atoms with van der Waals surface area (Å²) >= 11 is 6.02. The molecular formula is C14H11ClF2N2O2. The monoisotopic (exact) mass is 312 g/mol. The third-order valence-electron chi connectivity index (χ3n) is 2.81. The smallest absolute Gasteiger partial charge is 0.254 e. The van der Waals surface area contributed by atoms with E-state index < -0.39 is 23.2 Å². The maximum Gasteiger partial charge on any atom is 0.254 e. The molecule has 0 aliphatic rings. The lowest BCUT2D eigenvalue weighted by atomic mass is 10.2. The van der Waals surface area contributed by atoms with Crippen LogP contribution in [0.4, 0.5) is 8.78 Å². The van der Waals surface area contributed by atoms with Gasteiger partial charge in [0.25, 0.3) is 5.91 Å². The van der Waals surface area contributed by atoms with Crippen molar-refractivity contribution >= 4 is 17.5 Å². The first kappa shape index (κ1) is 15.2. The minimum absolute atomic E-state index is 0.0189. The van der Waals surface area contributed by atoms with Gasteiger partial charge in [0.05, 0.1) is 12.7 Å². The van der Waals surface area contributed by atoms with Crippen molar-refractivity contribution in [3.8, 4) is 5.75 Å². The van der Waals surface area contributed by atoms with Crippen molar-refractivity contribution in [1.82, 2.24) is 10.3 Å². The van der Waals surface area contributed by atoms with Crippen LogP contribution in [-0.4, -0.2) is 18.0 Å². The van der Waals surface area contributed by atoms with E-state index in [0.717, 1.165) is 12.3 Å². The van der Waals surface area contributed by atoms with E-state index in [0.29, 0.717) is 16.3 Å². The van der Waals surface area contributed by atoms with Gasteiger partial charge in [0, 0.05) is 23.3 Å². The van der Waals surface area contributed by atoms with Crippen LogP contribution in [0.3, 0.4) is 0 Å². The molecule has 0 aliphatic heterocycles. The molecule has 2 aromatic rings. The van der Waals surface area contributed by atoms with Gasteiger partial charge >= 0.3 is 0 Å². The molecule has 0 unspecified atom stereocenters. The van der Waals surface area contributed by atoms with Gasteiger partial charge in [-0.1, -0.05) is 17.7 Å². The molecular weight excluding hydrogens is 302 g/mol. The highest BCUT2D eigenvalue weighted by atomic mass is 35.5. The summed E-state index contributed by atoms with van der Waals surface area (Å²) in [6, 6.07) is 6.11. The molecule has 2 rings (SSSR count). The fraction of sp³-hybridized carbons (Fsp3) is 0.143. The number of halogens is 3. The van der Waals surface area contributed by atoms with Gasteiger partial charge in [0.2, 0.25) is 5.95 Å².